The summed E-state index contributed by atoms with van der Waals surface area (Å²) in [5.41, 5.74) is 2.70. The van der Waals surface area contributed by atoms with Crippen molar-refractivity contribution in [1.29, 1.82) is 0 Å². The molecule has 3 atom stereocenters. The first-order chi connectivity index (χ1) is 21.5. The zero-order valence-electron chi connectivity index (χ0n) is 24.9. The second-order valence-corrected chi connectivity index (χ2v) is 11.9. The first-order valence-corrected chi connectivity index (χ1v) is 15.6. The molecule has 3 amide bonds. The van der Waals surface area contributed by atoms with E-state index in [1.807, 2.05) is 29.2 Å². The molecule has 230 valence electrons. The zero-order chi connectivity index (χ0) is 30.0. The molecule has 44 heavy (non-hydrogen) atoms. The topological polar surface area (TPSA) is 125 Å². The Morgan fingerprint density at radius 1 is 0.773 bits per heavy atom. The number of hydrogen-bond acceptors (Lipinski definition) is 9. The molecule has 0 spiro atoms. The standard InChI is InChI=1S/C32H38N8O4/c1-21-18-43-17-16-39(21)30-35-28(36-31(37-30)40-26-12-13-27(40)20-44-19-26)22-4-8-24(9-5-22)33-32(42)34-25-10-6-23(7-11-25)29(41)38-14-2-3-15-38/h4-11,21,26-27H,2-3,12-20H2,1H3,(H2,33,34,42)/t21-,26?,27?/m1/s1. The highest BCUT2D eigenvalue weighted by Crippen LogP contribution is 2.34. The van der Waals surface area contributed by atoms with E-state index in [0.717, 1.165) is 50.9 Å². The molecule has 4 saturated heterocycles. The lowest BCUT2D eigenvalue weighted by Crippen LogP contribution is -2.48. The van der Waals surface area contributed by atoms with E-state index in [4.69, 9.17) is 24.4 Å². The van der Waals surface area contributed by atoms with Crippen molar-refractivity contribution < 1.29 is 19.1 Å². The van der Waals surface area contributed by atoms with Gasteiger partial charge in [0.25, 0.3) is 5.91 Å². The van der Waals surface area contributed by atoms with Crippen LogP contribution in [0.2, 0.25) is 0 Å². The number of nitrogens with zero attached hydrogens (tertiary/aromatic N) is 6. The predicted octanol–water partition coefficient (Wildman–Crippen LogP) is 4.01. The molecule has 3 aromatic rings. The molecule has 2 N–H and O–H groups in total. The Morgan fingerprint density at radius 2 is 1.41 bits per heavy atom. The van der Waals surface area contributed by atoms with E-state index in [9.17, 15) is 9.59 Å². The monoisotopic (exact) mass is 598 g/mol. The van der Waals surface area contributed by atoms with Crippen LogP contribution in [0.1, 0.15) is 43.0 Å². The van der Waals surface area contributed by atoms with Gasteiger partial charge >= 0.3 is 6.03 Å². The van der Waals surface area contributed by atoms with E-state index in [2.05, 4.69) is 27.4 Å². The van der Waals surface area contributed by atoms with Crippen LogP contribution in [0.25, 0.3) is 11.4 Å². The largest absolute Gasteiger partial charge is 0.377 e. The van der Waals surface area contributed by atoms with E-state index in [1.54, 1.807) is 24.3 Å². The number of anilines is 4. The lowest BCUT2D eigenvalue weighted by atomic mass is 10.2. The number of carbonyl (C=O) groups excluding carboxylic acids is 2. The number of morpholine rings is 2. The van der Waals surface area contributed by atoms with Gasteiger partial charge in [-0.15, -0.1) is 0 Å². The maximum atomic E-state index is 12.7. The van der Waals surface area contributed by atoms with Crippen molar-refractivity contribution in [2.45, 2.75) is 50.7 Å². The summed E-state index contributed by atoms with van der Waals surface area (Å²) in [4.78, 5) is 46.5. The van der Waals surface area contributed by atoms with Crippen molar-refractivity contribution in [2.75, 3.05) is 66.5 Å². The summed E-state index contributed by atoms with van der Waals surface area (Å²) >= 11 is 0. The third-order valence-corrected chi connectivity index (χ3v) is 8.89. The Morgan fingerprint density at radius 3 is 2.07 bits per heavy atom. The first-order valence-electron chi connectivity index (χ1n) is 15.6. The minimum Gasteiger partial charge on any atom is -0.377 e. The number of urea groups is 1. The van der Waals surface area contributed by atoms with Crippen molar-refractivity contribution in [3.8, 4) is 11.4 Å². The number of nitrogens with one attached hydrogen (secondary N) is 2. The van der Waals surface area contributed by atoms with Gasteiger partial charge in [-0.05, 0) is 81.1 Å². The summed E-state index contributed by atoms with van der Waals surface area (Å²) in [6.07, 6.45) is 4.23. The number of rotatable bonds is 6. The fraction of sp³-hybridized carbons (Fsp3) is 0.469. The number of amides is 3. The van der Waals surface area contributed by atoms with Gasteiger partial charge in [0.15, 0.2) is 5.82 Å². The van der Waals surface area contributed by atoms with E-state index in [-0.39, 0.29) is 30.1 Å². The molecule has 2 bridgehead atoms. The molecule has 0 saturated carbocycles. The van der Waals surface area contributed by atoms with Gasteiger partial charge in [-0.3, -0.25) is 4.79 Å². The molecule has 4 fully saturated rings. The maximum absolute atomic E-state index is 12.7. The van der Waals surface area contributed by atoms with Crippen molar-refractivity contribution in [3.63, 3.8) is 0 Å². The molecule has 12 heteroatoms. The van der Waals surface area contributed by atoms with Crippen LogP contribution in [0, 0.1) is 0 Å². The number of ether oxygens (including phenoxy) is 2. The second kappa shape index (κ2) is 12.4. The first kappa shape index (κ1) is 28.5. The molecule has 0 aliphatic carbocycles. The van der Waals surface area contributed by atoms with E-state index in [0.29, 0.717) is 61.1 Å². The Labute approximate surface area is 256 Å². The van der Waals surface area contributed by atoms with Gasteiger partial charge in [0, 0.05) is 42.1 Å². The van der Waals surface area contributed by atoms with Gasteiger partial charge in [-0.25, -0.2) is 4.79 Å². The van der Waals surface area contributed by atoms with Crippen molar-refractivity contribution in [2.24, 2.45) is 0 Å². The summed E-state index contributed by atoms with van der Waals surface area (Å²) in [6.45, 7) is 7.07. The van der Waals surface area contributed by atoms with E-state index < -0.39 is 0 Å². The minimum atomic E-state index is -0.370. The lowest BCUT2D eigenvalue weighted by Gasteiger charge is -2.36. The molecule has 2 aromatic carbocycles. The van der Waals surface area contributed by atoms with Gasteiger partial charge in [0.1, 0.15) is 0 Å². The van der Waals surface area contributed by atoms with E-state index >= 15 is 0 Å². The number of likely N-dealkylation sites (tertiary alicyclic amines) is 1. The average Bonchev–Trinajstić information content (AvgIpc) is 3.67. The zero-order valence-corrected chi connectivity index (χ0v) is 24.9. The second-order valence-electron chi connectivity index (χ2n) is 11.9. The van der Waals surface area contributed by atoms with Crippen LogP contribution in [0.5, 0.6) is 0 Å². The van der Waals surface area contributed by atoms with Crippen LogP contribution in [0.4, 0.5) is 28.1 Å². The summed E-state index contributed by atoms with van der Waals surface area (Å²) in [6, 6.07) is 14.8. The number of hydrogen-bond donors (Lipinski definition) is 2. The Hall–Kier alpha value is -4.29. The van der Waals surface area contributed by atoms with Crippen LogP contribution in [0.15, 0.2) is 48.5 Å². The Balaban J connectivity index is 1.06. The summed E-state index contributed by atoms with van der Waals surface area (Å²) in [5.74, 6) is 1.97. The number of benzene rings is 2. The fourth-order valence-corrected chi connectivity index (χ4v) is 6.50. The van der Waals surface area contributed by atoms with Crippen LogP contribution in [-0.2, 0) is 9.47 Å². The van der Waals surface area contributed by atoms with Gasteiger partial charge in [0.2, 0.25) is 11.9 Å². The normalized spacial score (nSPS) is 23.1. The van der Waals surface area contributed by atoms with Gasteiger partial charge in [0.05, 0.1) is 44.6 Å². The molecule has 4 aliphatic rings. The lowest BCUT2D eigenvalue weighted by molar-refractivity contribution is 0.0793. The molecular weight excluding hydrogens is 560 g/mol. The smallest absolute Gasteiger partial charge is 0.323 e. The van der Waals surface area contributed by atoms with Crippen LogP contribution >= 0.6 is 0 Å². The molecule has 12 nitrogen and oxygen atoms in total. The maximum Gasteiger partial charge on any atom is 0.323 e. The molecule has 7 rings (SSSR count). The van der Waals surface area contributed by atoms with Crippen molar-refractivity contribution in [1.82, 2.24) is 19.9 Å². The quantitative estimate of drug-likeness (QED) is 0.433. The number of aromatic nitrogens is 3. The highest BCUT2D eigenvalue weighted by molar-refractivity contribution is 6.00. The van der Waals surface area contributed by atoms with Crippen LogP contribution in [0.3, 0.4) is 0 Å². The van der Waals surface area contributed by atoms with Gasteiger partial charge < -0.3 is 34.8 Å². The van der Waals surface area contributed by atoms with Crippen molar-refractivity contribution in [3.05, 3.63) is 54.1 Å². The Kier molecular flexibility index (Phi) is 8.01. The average molecular weight is 599 g/mol. The third kappa shape index (κ3) is 5.91. The number of carbonyl (C=O) groups is 2. The highest BCUT2D eigenvalue weighted by atomic mass is 16.5. The highest BCUT2D eigenvalue weighted by Gasteiger charge is 2.39. The Bertz CT molecular complexity index is 1480. The molecular formula is C32H38N8O4. The SMILES string of the molecule is C[C@@H]1COCCN1c1nc(-c2ccc(NC(=O)Nc3ccc(C(=O)N4CCCC4)cc3)cc2)nc(N2C3CCC2COC3)n1. The van der Waals surface area contributed by atoms with Crippen LogP contribution in [-0.4, -0.2) is 96.0 Å². The predicted molar refractivity (Wildman–Crippen MR) is 167 cm³/mol. The summed E-state index contributed by atoms with van der Waals surface area (Å²) < 4.78 is 11.5. The summed E-state index contributed by atoms with van der Waals surface area (Å²) in [7, 11) is 0. The summed E-state index contributed by atoms with van der Waals surface area (Å²) in [5, 5.41) is 5.72. The van der Waals surface area contributed by atoms with Crippen LogP contribution < -0.4 is 20.4 Å². The fourth-order valence-electron chi connectivity index (χ4n) is 6.50. The van der Waals surface area contributed by atoms with E-state index in [1.165, 1.54) is 0 Å². The van der Waals surface area contributed by atoms with Crippen molar-refractivity contribution >= 4 is 35.2 Å². The molecule has 0 radical (unpaired) electrons. The molecule has 2 unspecified atom stereocenters. The third-order valence-electron chi connectivity index (χ3n) is 8.89. The molecule has 1 aromatic heterocycles. The minimum absolute atomic E-state index is 0.0350. The van der Waals surface area contributed by atoms with Gasteiger partial charge in [-0.2, -0.15) is 15.0 Å². The number of fused-ring (bicyclic) bond motifs is 2. The van der Waals surface area contributed by atoms with Gasteiger partial charge in [-0.1, -0.05) is 0 Å². The molecule has 5 heterocycles. The molecule has 4 aliphatic heterocycles.